The standard InChI is InChI=1S/C24H37N3O5/c25-19(13-10-14-20(26)24(31)32-17-18-11-6-5-7-12-18)22(28)27-16-9-4-2-1-3-8-15-21(27)23(29)30/h5-7,11-12,19-21H,1-4,8-10,13-17,25-26H2,(H,29,30)/t19?,20-,21-/m0/s1. The van der Waals surface area contributed by atoms with Crippen LogP contribution in [0.3, 0.4) is 0 Å². The molecule has 1 aromatic rings. The van der Waals surface area contributed by atoms with E-state index in [2.05, 4.69) is 0 Å². The summed E-state index contributed by atoms with van der Waals surface area (Å²) in [5.74, 6) is -1.80. The molecule has 5 N–H and O–H groups in total. The Morgan fingerprint density at radius 2 is 1.59 bits per heavy atom. The summed E-state index contributed by atoms with van der Waals surface area (Å²) in [7, 11) is 0. The van der Waals surface area contributed by atoms with Crippen molar-refractivity contribution in [3.05, 3.63) is 35.9 Å². The Kier molecular flexibility index (Phi) is 11.2. The fraction of sp³-hybridized carbons (Fsp3) is 0.625. The molecule has 8 heteroatoms. The topological polar surface area (TPSA) is 136 Å². The molecule has 1 aromatic carbocycles. The van der Waals surface area contributed by atoms with E-state index in [0.717, 1.165) is 44.1 Å². The van der Waals surface area contributed by atoms with Gasteiger partial charge >= 0.3 is 11.9 Å². The maximum atomic E-state index is 13.0. The highest BCUT2D eigenvalue weighted by Gasteiger charge is 2.32. The van der Waals surface area contributed by atoms with Crippen LogP contribution in [0.2, 0.25) is 0 Å². The van der Waals surface area contributed by atoms with Gasteiger partial charge in [0, 0.05) is 6.54 Å². The SMILES string of the molecule is NC(CCC[C@H](N)C(=O)OCc1ccccc1)C(=O)N1CCCCCCCC[C@H]1C(=O)O. The average Bonchev–Trinajstić information content (AvgIpc) is 2.80. The molecule has 0 radical (unpaired) electrons. The Morgan fingerprint density at radius 1 is 0.969 bits per heavy atom. The number of benzene rings is 1. The highest BCUT2D eigenvalue weighted by atomic mass is 16.5. The molecule has 3 atom stereocenters. The zero-order valence-corrected chi connectivity index (χ0v) is 18.8. The van der Waals surface area contributed by atoms with Gasteiger partial charge in [0.15, 0.2) is 0 Å². The summed E-state index contributed by atoms with van der Waals surface area (Å²) in [6.45, 7) is 0.575. The molecule has 1 unspecified atom stereocenters. The van der Waals surface area contributed by atoms with Crippen molar-refractivity contribution in [2.75, 3.05) is 6.54 Å². The van der Waals surface area contributed by atoms with Crippen LogP contribution in [0.5, 0.6) is 0 Å². The monoisotopic (exact) mass is 447 g/mol. The van der Waals surface area contributed by atoms with Crippen LogP contribution >= 0.6 is 0 Å². The highest BCUT2D eigenvalue weighted by molar-refractivity contribution is 5.87. The molecular formula is C24H37N3O5. The number of esters is 1. The number of hydrogen-bond donors (Lipinski definition) is 3. The van der Waals surface area contributed by atoms with Crippen LogP contribution in [0.4, 0.5) is 0 Å². The lowest BCUT2D eigenvalue weighted by atomic mass is 9.99. The molecule has 1 saturated heterocycles. The molecule has 1 heterocycles. The first-order valence-corrected chi connectivity index (χ1v) is 11.6. The summed E-state index contributed by atoms with van der Waals surface area (Å²) in [5.41, 5.74) is 12.9. The Bertz CT molecular complexity index is 728. The molecule has 178 valence electrons. The molecule has 0 aliphatic carbocycles. The van der Waals surface area contributed by atoms with Crippen molar-refractivity contribution < 1.29 is 24.2 Å². The Hall–Kier alpha value is -2.45. The zero-order chi connectivity index (χ0) is 23.3. The molecule has 1 aliphatic rings. The van der Waals surface area contributed by atoms with Gasteiger partial charge in [-0.3, -0.25) is 9.59 Å². The third-order valence-electron chi connectivity index (χ3n) is 5.95. The van der Waals surface area contributed by atoms with Gasteiger partial charge in [0.2, 0.25) is 5.91 Å². The number of aliphatic carboxylic acids is 1. The van der Waals surface area contributed by atoms with Crippen LogP contribution < -0.4 is 11.5 Å². The van der Waals surface area contributed by atoms with E-state index in [0.29, 0.717) is 32.2 Å². The van der Waals surface area contributed by atoms with Gasteiger partial charge in [0.1, 0.15) is 18.7 Å². The number of hydrogen-bond acceptors (Lipinski definition) is 6. The van der Waals surface area contributed by atoms with Gasteiger partial charge in [-0.2, -0.15) is 0 Å². The van der Waals surface area contributed by atoms with Crippen LogP contribution in [0.25, 0.3) is 0 Å². The lowest BCUT2D eigenvalue weighted by Crippen LogP contribution is -2.52. The van der Waals surface area contributed by atoms with Crippen LogP contribution in [0.15, 0.2) is 30.3 Å². The van der Waals surface area contributed by atoms with Crippen molar-refractivity contribution in [3.63, 3.8) is 0 Å². The molecule has 1 fully saturated rings. The van der Waals surface area contributed by atoms with E-state index in [4.69, 9.17) is 16.2 Å². The Morgan fingerprint density at radius 3 is 2.28 bits per heavy atom. The van der Waals surface area contributed by atoms with E-state index >= 15 is 0 Å². The first-order valence-electron chi connectivity index (χ1n) is 11.6. The summed E-state index contributed by atoms with van der Waals surface area (Å²) in [4.78, 5) is 38.3. The number of nitrogens with two attached hydrogens (primary N) is 2. The average molecular weight is 448 g/mol. The van der Waals surface area contributed by atoms with Gasteiger partial charge in [-0.15, -0.1) is 0 Å². The van der Waals surface area contributed by atoms with Gasteiger partial charge in [0.25, 0.3) is 0 Å². The molecule has 0 aromatic heterocycles. The maximum Gasteiger partial charge on any atom is 0.326 e. The van der Waals surface area contributed by atoms with Crippen LogP contribution in [0, 0.1) is 0 Å². The largest absolute Gasteiger partial charge is 0.480 e. The molecule has 8 nitrogen and oxygen atoms in total. The van der Waals surface area contributed by atoms with Crippen LogP contribution in [0.1, 0.15) is 69.8 Å². The predicted octanol–water partition coefficient (Wildman–Crippen LogP) is 2.58. The fourth-order valence-electron chi connectivity index (χ4n) is 4.01. The third-order valence-corrected chi connectivity index (χ3v) is 5.95. The number of carboxylic acid groups (broad SMARTS) is 1. The molecular weight excluding hydrogens is 410 g/mol. The van der Waals surface area contributed by atoms with Crippen molar-refractivity contribution in [1.29, 1.82) is 0 Å². The second-order valence-corrected chi connectivity index (χ2v) is 8.53. The van der Waals surface area contributed by atoms with Gasteiger partial charge in [-0.1, -0.05) is 62.4 Å². The van der Waals surface area contributed by atoms with E-state index < -0.39 is 30.1 Å². The second-order valence-electron chi connectivity index (χ2n) is 8.53. The molecule has 0 bridgehead atoms. The maximum absolute atomic E-state index is 13.0. The number of carbonyl (C=O) groups excluding carboxylic acids is 2. The van der Waals surface area contributed by atoms with Crippen LogP contribution in [-0.4, -0.2) is 52.5 Å². The van der Waals surface area contributed by atoms with Crippen molar-refractivity contribution in [3.8, 4) is 0 Å². The van der Waals surface area contributed by atoms with Crippen LogP contribution in [-0.2, 0) is 25.7 Å². The first kappa shape index (κ1) is 25.8. The van der Waals surface area contributed by atoms with E-state index in [1.807, 2.05) is 30.3 Å². The fourth-order valence-corrected chi connectivity index (χ4v) is 4.01. The van der Waals surface area contributed by atoms with Gasteiger partial charge in [-0.05, 0) is 37.7 Å². The summed E-state index contributed by atoms with van der Waals surface area (Å²) in [6.07, 6.45) is 7.33. The van der Waals surface area contributed by atoms with Gasteiger partial charge in [-0.25, -0.2) is 4.79 Å². The number of amides is 1. The van der Waals surface area contributed by atoms with Crippen molar-refractivity contribution >= 4 is 17.8 Å². The lowest BCUT2D eigenvalue weighted by molar-refractivity contribution is -0.151. The van der Waals surface area contributed by atoms with E-state index in [9.17, 15) is 19.5 Å². The number of ether oxygens (including phenoxy) is 1. The summed E-state index contributed by atoms with van der Waals surface area (Å²) in [5, 5.41) is 9.66. The van der Waals surface area contributed by atoms with Crippen molar-refractivity contribution in [1.82, 2.24) is 4.90 Å². The number of rotatable bonds is 9. The second kappa shape index (κ2) is 13.9. The molecule has 1 aliphatic heterocycles. The minimum absolute atomic E-state index is 0.164. The normalized spacial score (nSPS) is 19.6. The molecule has 0 saturated carbocycles. The first-order chi connectivity index (χ1) is 15.4. The quantitative estimate of drug-likeness (QED) is 0.495. The Labute approximate surface area is 190 Å². The van der Waals surface area contributed by atoms with Crippen molar-refractivity contribution in [2.24, 2.45) is 11.5 Å². The highest BCUT2D eigenvalue weighted by Crippen LogP contribution is 2.18. The van der Waals surface area contributed by atoms with E-state index in [1.54, 1.807) is 0 Å². The van der Waals surface area contributed by atoms with E-state index in [-0.39, 0.29) is 12.5 Å². The number of carbonyl (C=O) groups is 3. The minimum atomic E-state index is -0.977. The predicted molar refractivity (Wildman–Crippen MR) is 121 cm³/mol. The Balaban J connectivity index is 1.81. The third kappa shape index (κ3) is 8.59. The van der Waals surface area contributed by atoms with Gasteiger partial charge in [0.05, 0.1) is 6.04 Å². The zero-order valence-electron chi connectivity index (χ0n) is 18.8. The number of carboxylic acids is 1. The van der Waals surface area contributed by atoms with Crippen molar-refractivity contribution in [2.45, 2.75) is 88.9 Å². The summed E-state index contributed by atoms with van der Waals surface area (Å²) in [6, 6.07) is 6.91. The summed E-state index contributed by atoms with van der Waals surface area (Å²) < 4.78 is 5.24. The molecule has 1 amide bonds. The molecule has 32 heavy (non-hydrogen) atoms. The molecule has 0 spiro atoms. The lowest BCUT2D eigenvalue weighted by Gasteiger charge is -2.32. The minimum Gasteiger partial charge on any atom is -0.480 e. The number of nitrogens with zero attached hydrogens (tertiary/aromatic N) is 1. The van der Waals surface area contributed by atoms with E-state index in [1.165, 1.54) is 4.90 Å². The van der Waals surface area contributed by atoms with Gasteiger partial charge < -0.3 is 26.2 Å². The smallest absolute Gasteiger partial charge is 0.326 e. The molecule has 2 rings (SSSR count). The summed E-state index contributed by atoms with van der Waals surface area (Å²) >= 11 is 0.